The van der Waals surface area contributed by atoms with Crippen LogP contribution in [-0.2, 0) is 22.6 Å². The van der Waals surface area contributed by atoms with E-state index in [4.69, 9.17) is 34.8 Å². The van der Waals surface area contributed by atoms with Gasteiger partial charge >= 0.3 is 0 Å². The van der Waals surface area contributed by atoms with Gasteiger partial charge in [-0.05, 0) is 48.7 Å². The minimum absolute atomic E-state index is 0.156. The lowest BCUT2D eigenvalue weighted by molar-refractivity contribution is -0.140. The van der Waals surface area contributed by atoms with E-state index in [2.05, 4.69) is 12.2 Å². The Hall–Kier alpha value is -1.75. The standard InChI is InChI=1S/C22H25Cl3N2O2/c1-3-4-11-26-22(29)15(2)27(14-17-7-10-19(24)20(25)12-17)21(28)13-16-5-8-18(23)9-6-16/h5-10,12,15H,3-4,11,13-14H2,1-2H3,(H,26,29)/t15-/m0/s1. The van der Waals surface area contributed by atoms with Gasteiger partial charge in [-0.15, -0.1) is 0 Å². The molecule has 0 aliphatic rings. The molecule has 1 N–H and O–H groups in total. The average Bonchev–Trinajstić information content (AvgIpc) is 2.70. The summed E-state index contributed by atoms with van der Waals surface area (Å²) in [7, 11) is 0. The van der Waals surface area contributed by atoms with Crippen molar-refractivity contribution in [3.05, 3.63) is 68.7 Å². The van der Waals surface area contributed by atoms with Crippen LogP contribution in [0.1, 0.15) is 37.8 Å². The fraction of sp³-hybridized carbons (Fsp3) is 0.364. The number of nitrogens with one attached hydrogen (secondary N) is 1. The molecule has 0 aromatic heterocycles. The number of carbonyl (C=O) groups excluding carboxylic acids is 2. The Balaban J connectivity index is 2.20. The van der Waals surface area contributed by atoms with Crippen LogP contribution in [0.25, 0.3) is 0 Å². The largest absolute Gasteiger partial charge is 0.354 e. The molecule has 0 bridgehead atoms. The number of unbranched alkanes of at least 4 members (excludes halogenated alkanes) is 1. The molecule has 0 fully saturated rings. The fourth-order valence-corrected chi connectivity index (χ4v) is 3.28. The second kappa shape index (κ2) is 11.4. The molecule has 2 rings (SSSR count). The van der Waals surface area contributed by atoms with Crippen molar-refractivity contribution in [1.29, 1.82) is 0 Å². The predicted molar refractivity (Wildman–Crippen MR) is 120 cm³/mol. The Bertz CT molecular complexity index is 840. The molecule has 156 valence electrons. The molecule has 0 aliphatic carbocycles. The molecule has 2 amide bonds. The van der Waals surface area contributed by atoms with Crippen molar-refractivity contribution >= 4 is 46.6 Å². The molecule has 1 atom stereocenters. The Morgan fingerprint density at radius 1 is 1.00 bits per heavy atom. The maximum absolute atomic E-state index is 13.1. The van der Waals surface area contributed by atoms with Crippen molar-refractivity contribution in [2.75, 3.05) is 6.54 Å². The highest BCUT2D eigenvalue weighted by Crippen LogP contribution is 2.24. The monoisotopic (exact) mass is 454 g/mol. The first-order chi connectivity index (χ1) is 13.8. The summed E-state index contributed by atoms with van der Waals surface area (Å²) < 4.78 is 0. The summed E-state index contributed by atoms with van der Waals surface area (Å²) >= 11 is 18.0. The van der Waals surface area contributed by atoms with Gasteiger partial charge in [-0.2, -0.15) is 0 Å². The molecule has 0 aliphatic heterocycles. The third kappa shape index (κ3) is 7.22. The highest BCUT2D eigenvalue weighted by Gasteiger charge is 2.26. The van der Waals surface area contributed by atoms with Gasteiger partial charge in [0.05, 0.1) is 16.5 Å². The fourth-order valence-electron chi connectivity index (χ4n) is 2.83. The van der Waals surface area contributed by atoms with Crippen molar-refractivity contribution in [2.45, 2.75) is 45.7 Å². The SMILES string of the molecule is CCCCNC(=O)[C@H](C)N(Cc1ccc(Cl)c(Cl)c1)C(=O)Cc1ccc(Cl)cc1. The Kier molecular flexibility index (Phi) is 9.28. The molecule has 2 aromatic carbocycles. The van der Waals surface area contributed by atoms with Crippen molar-refractivity contribution in [2.24, 2.45) is 0 Å². The first kappa shape index (κ1) is 23.5. The molecule has 0 saturated heterocycles. The second-order valence-corrected chi connectivity index (χ2v) is 8.14. The molecule has 0 unspecified atom stereocenters. The summed E-state index contributed by atoms with van der Waals surface area (Å²) in [4.78, 5) is 27.3. The van der Waals surface area contributed by atoms with E-state index >= 15 is 0 Å². The molecule has 0 radical (unpaired) electrons. The zero-order valence-corrected chi connectivity index (χ0v) is 18.8. The van der Waals surface area contributed by atoms with Gasteiger partial charge in [0.15, 0.2) is 0 Å². The van der Waals surface area contributed by atoms with E-state index in [0.717, 1.165) is 24.0 Å². The number of benzene rings is 2. The van der Waals surface area contributed by atoms with E-state index in [-0.39, 0.29) is 24.8 Å². The van der Waals surface area contributed by atoms with Gasteiger partial charge in [0.25, 0.3) is 0 Å². The lowest BCUT2D eigenvalue weighted by Gasteiger charge is -2.29. The van der Waals surface area contributed by atoms with Gasteiger partial charge in [0.2, 0.25) is 11.8 Å². The molecule has 7 heteroatoms. The third-order valence-corrected chi connectivity index (χ3v) is 5.59. The molecule has 0 saturated carbocycles. The van der Waals surface area contributed by atoms with Gasteiger partial charge in [-0.25, -0.2) is 0 Å². The summed E-state index contributed by atoms with van der Waals surface area (Å²) in [5.41, 5.74) is 1.63. The summed E-state index contributed by atoms with van der Waals surface area (Å²) in [5, 5.41) is 4.36. The van der Waals surface area contributed by atoms with Crippen LogP contribution in [0.15, 0.2) is 42.5 Å². The highest BCUT2D eigenvalue weighted by molar-refractivity contribution is 6.42. The van der Waals surface area contributed by atoms with Gasteiger partial charge in [-0.3, -0.25) is 9.59 Å². The van der Waals surface area contributed by atoms with Crippen molar-refractivity contribution in [1.82, 2.24) is 10.2 Å². The van der Waals surface area contributed by atoms with Crippen LogP contribution in [0.4, 0.5) is 0 Å². The van der Waals surface area contributed by atoms with Gasteiger partial charge in [0.1, 0.15) is 6.04 Å². The van der Waals surface area contributed by atoms with Crippen LogP contribution in [0.2, 0.25) is 15.1 Å². The molecule has 0 spiro atoms. The minimum atomic E-state index is -0.624. The summed E-state index contributed by atoms with van der Waals surface area (Å²) in [6.07, 6.45) is 2.05. The Labute approximate surface area is 187 Å². The quantitative estimate of drug-likeness (QED) is 0.506. The number of hydrogen-bond acceptors (Lipinski definition) is 2. The first-order valence-electron chi connectivity index (χ1n) is 9.57. The lowest BCUT2D eigenvalue weighted by Crippen LogP contribution is -2.48. The molecular weight excluding hydrogens is 431 g/mol. The van der Waals surface area contributed by atoms with E-state index in [1.165, 1.54) is 0 Å². The third-order valence-electron chi connectivity index (χ3n) is 4.60. The van der Waals surface area contributed by atoms with Crippen LogP contribution in [0.5, 0.6) is 0 Å². The van der Waals surface area contributed by atoms with E-state index in [1.807, 2.05) is 12.1 Å². The molecule has 2 aromatic rings. The van der Waals surface area contributed by atoms with Crippen molar-refractivity contribution in [3.63, 3.8) is 0 Å². The Morgan fingerprint density at radius 3 is 2.28 bits per heavy atom. The van der Waals surface area contributed by atoms with Crippen LogP contribution in [0.3, 0.4) is 0 Å². The number of amides is 2. The number of halogens is 3. The smallest absolute Gasteiger partial charge is 0.242 e. The van der Waals surface area contributed by atoms with E-state index in [0.29, 0.717) is 21.6 Å². The maximum atomic E-state index is 13.1. The number of carbonyl (C=O) groups is 2. The van der Waals surface area contributed by atoms with Gasteiger partial charge in [0, 0.05) is 18.1 Å². The van der Waals surface area contributed by atoms with Crippen LogP contribution >= 0.6 is 34.8 Å². The second-order valence-electron chi connectivity index (χ2n) is 6.89. The summed E-state index contributed by atoms with van der Waals surface area (Å²) in [6, 6.07) is 11.7. The van der Waals surface area contributed by atoms with E-state index in [9.17, 15) is 9.59 Å². The Morgan fingerprint density at radius 2 is 1.66 bits per heavy atom. The zero-order valence-electron chi connectivity index (χ0n) is 16.6. The van der Waals surface area contributed by atoms with Crippen LogP contribution < -0.4 is 5.32 Å². The van der Waals surface area contributed by atoms with E-state index < -0.39 is 6.04 Å². The normalized spacial score (nSPS) is 11.8. The van der Waals surface area contributed by atoms with Crippen molar-refractivity contribution < 1.29 is 9.59 Å². The number of nitrogens with zero attached hydrogens (tertiary/aromatic N) is 1. The molecular formula is C22H25Cl3N2O2. The minimum Gasteiger partial charge on any atom is -0.354 e. The average molecular weight is 456 g/mol. The van der Waals surface area contributed by atoms with Crippen LogP contribution in [-0.4, -0.2) is 29.3 Å². The topological polar surface area (TPSA) is 49.4 Å². The lowest BCUT2D eigenvalue weighted by atomic mass is 10.1. The molecule has 0 heterocycles. The number of hydrogen-bond donors (Lipinski definition) is 1. The molecule has 29 heavy (non-hydrogen) atoms. The maximum Gasteiger partial charge on any atom is 0.242 e. The van der Waals surface area contributed by atoms with Gasteiger partial charge < -0.3 is 10.2 Å². The van der Waals surface area contributed by atoms with Crippen molar-refractivity contribution in [3.8, 4) is 0 Å². The zero-order chi connectivity index (χ0) is 21.4. The summed E-state index contributed by atoms with van der Waals surface area (Å²) in [6.45, 7) is 4.64. The van der Waals surface area contributed by atoms with Gasteiger partial charge in [-0.1, -0.05) is 66.3 Å². The van der Waals surface area contributed by atoms with Crippen LogP contribution in [0, 0.1) is 0 Å². The van der Waals surface area contributed by atoms with E-state index in [1.54, 1.807) is 42.2 Å². The number of rotatable bonds is 9. The predicted octanol–water partition coefficient (Wildman–Crippen LogP) is 5.52. The first-order valence-corrected chi connectivity index (χ1v) is 10.7. The molecule has 4 nitrogen and oxygen atoms in total. The highest BCUT2D eigenvalue weighted by atomic mass is 35.5. The summed E-state index contributed by atoms with van der Waals surface area (Å²) in [5.74, 6) is -0.334.